The van der Waals surface area contributed by atoms with Gasteiger partial charge in [0.15, 0.2) is 0 Å². The fourth-order valence-electron chi connectivity index (χ4n) is 3.19. The zero-order valence-electron chi connectivity index (χ0n) is 16.1. The van der Waals surface area contributed by atoms with Gasteiger partial charge >= 0.3 is 5.69 Å². The lowest BCUT2D eigenvalue weighted by atomic mass is 10.2. The fourth-order valence-corrected chi connectivity index (χ4v) is 4.02. The maximum atomic E-state index is 13.8. The van der Waals surface area contributed by atoms with Crippen molar-refractivity contribution in [1.82, 2.24) is 14.5 Å². The summed E-state index contributed by atoms with van der Waals surface area (Å²) in [6.45, 7) is -0.811. The quantitative estimate of drug-likeness (QED) is 0.463. The van der Waals surface area contributed by atoms with Crippen LogP contribution in [-0.4, -0.2) is 15.0 Å². The molecule has 0 bridgehead atoms. The molecule has 0 saturated carbocycles. The lowest BCUT2D eigenvalue weighted by molar-refractivity contribution is -0.121. The average Bonchev–Trinajstić information content (AvgIpc) is 3.20. The molecular weight excluding hydrogens is 450 g/mol. The molecule has 0 aliphatic heterocycles. The molecule has 1 amide bonds. The van der Waals surface area contributed by atoms with Gasteiger partial charge in [-0.3, -0.25) is 14.2 Å². The van der Waals surface area contributed by atoms with Crippen molar-refractivity contribution in [3.8, 4) is 5.69 Å². The summed E-state index contributed by atoms with van der Waals surface area (Å²) >= 11 is 0.997. The van der Waals surface area contributed by atoms with Crippen molar-refractivity contribution in [3.05, 3.63) is 97.5 Å². The third-order valence-corrected chi connectivity index (χ3v) is 5.54. The molecule has 2 heterocycles. The molecule has 0 aliphatic carbocycles. The molecule has 2 aromatic heterocycles. The summed E-state index contributed by atoms with van der Waals surface area (Å²) in [5.74, 6) is -4.27. The Hall–Kier alpha value is -3.73. The highest BCUT2D eigenvalue weighted by Gasteiger charge is 2.18. The third kappa shape index (κ3) is 4.06. The molecule has 0 saturated heterocycles. The number of nitrogens with one attached hydrogen (secondary N) is 1. The van der Waals surface area contributed by atoms with Crippen molar-refractivity contribution in [3.63, 3.8) is 0 Å². The number of amides is 1. The number of nitrogens with zero attached hydrogens (tertiary/aromatic N) is 2. The van der Waals surface area contributed by atoms with Gasteiger partial charge in [-0.25, -0.2) is 26.9 Å². The molecular formula is C21H13F4N3O3S. The van der Waals surface area contributed by atoms with Crippen molar-refractivity contribution in [1.29, 1.82) is 0 Å². The van der Waals surface area contributed by atoms with Crippen molar-refractivity contribution in [2.45, 2.75) is 13.1 Å². The first-order valence-corrected chi connectivity index (χ1v) is 10.0. The normalized spacial score (nSPS) is 11.1. The van der Waals surface area contributed by atoms with Crippen LogP contribution in [0.3, 0.4) is 0 Å². The smallest absolute Gasteiger partial charge is 0.336 e. The number of fused-ring (bicyclic) bond motifs is 1. The standard InChI is InChI=1S/C21H13F4N3O3S/c22-12-2-1-11(16(25)8-12)9-26-18(29)10-27-17-3-4-32-19(17)20(30)28(21(27)31)15-6-13(23)5-14(24)7-15/h1-8H,9-10H2,(H,26,29). The van der Waals surface area contributed by atoms with Crippen LogP contribution < -0.4 is 16.6 Å². The Morgan fingerprint density at radius 3 is 2.34 bits per heavy atom. The number of thiophene rings is 1. The number of aromatic nitrogens is 2. The minimum Gasteiger partial charge on any atom is -0.350 e. The summed E-state index contributed by atoms with van der Waals surface area (Å²) in [5.41, 5.74) is -1.88. The van der Waals surface area contributed by atoms with Gasteiger partial charge in [0.1, 0.15) is 34.5 Å². The van der Waals surface area contributed by atoms with Crippen LogP contribution in [-0.2, 0) is 17.9 Å². The van der Waals surface area contributed by atoms with Gasteiger partial charge in [0.25, 0.3) is 5.56 Å². The average molecular weight is 463 g/mol. The van der Waals surface area contributed by atoms with E-state index in [-0.39, 0.29) is 28.0 Å². The molecule has 0 fully saturated rings. The monoisotopic (exact) mass is 463 g/mol. The van der Waals surface area contributed by atoms with E-state index in [1.165, 1.54) is 17.5 Å². The Balaban J connectivity index is 1.71. The van der Waals surface area contributed by atoms with Gasteiger partial charge in [0.05, 0.1) is 11.2 Å². The van der Waals surface area contributed by atoms with Crippen LogP contribution in [0.1, 0.15) is 5.56 Å². The molecule has 4 aromatic rings. The van der Waals surface area contributed by atoms with Crippen LogP contribution in [0.5, 0.6) is 0 Å². The highest BCUT2D eigenvalue weighted by Crippen LogP contribution is 2.17. The summed E-state index contributed by atoms with van der Waals surface area (Å²) in [6.07, 6.45) is 0. The van der Waals surface area contributed by atoms with E-state index in [9.17, 15) is 31.9 Å². The van der Waals surface area contributed by atoms with Gasteiger partial charge in [-0.05, 0) is 29.6 Å². The molecule has 2 aromatic carbocycles. The topological polar surface area (TPSA) is 73.1 Å². The van der Waals surface area contributed by atoms with Gasteiger partial charge in [0.2, 0.25) is 5.91 Å². The largest absolute Gasteiger partial charge is 0.350 e. The Morgan fingerprint density at radius 2 is 1.66 bits per heavy atom. The Labute approximate surface area is 181 Å². The predicted molar refractivity (Wildman–Crippen MR) is 110 cm³/mol. The lowest BCUT2D eigenvalue weighted by Crippen LogP contribution is -2.41. The molecule has 0 radical (unpaired) electrons. The summed E-state index contributed by atoms with van der Waals surface area (Å²) in [5, 5.41) is 3.95. The molecule has 32 heavy (non-hydrogen) atoms. The zero-order valence-corrected chi connectivity index (χ0v) is 16.9. The van der Waals surface area contributed by atoms with E-state index in [1.54, 1.807) is 0 Å². The number of hydrogen-bond donors (Lipinski definition) is 1. The first-order chi connectivity index (χ1) is 15.2. The van der Waals surface area contributed by atoms with E-state index in [1.807, 2.05) is 0 Å². The number of hydrogen-bond acceptors (Lipinski definition) is 4. The molecule has 0 atom stereocenters. The van der Waals surface area contributed by atoms with E-state index in [0.29, 0.717) is 16.7 Å². The minimum absolute atomic E-state index is 0.0352. The van der Waals surface area contributed by atoms with Gasteiger partial charge in [0, 0.05) is 24.2 Å². The SMILES string of the molecule is O=C(Cn1c(=O)n(-c2cc(F)cc(F)c2)c(=O)c2sccc21)NCc1ccc(F)cc1F. The van der Waals surface area contributed by atoms with Gasteiger partial charge in [-0.2, -0.15) is 0 Å². The molecule has 0 spiro atoms. The second-order valence-electron chi connectivity index (χ2n) is 6.78. The molecule has 4 rings (SSSR count). The number of halogens is 4. The van der Waals surface area contributed by atoms with Gasteiger partial charge < -0.3 is 5.32 Å². The second-order valence-corrected chi connectivity index (χ2v) is 7.70. The van der Waals surface area contributed by atoms with Crippen molar-refractivity contribution in [2.75, 3.05) is 0 Å². The Kier molecular flexibility index (Phi) is 5.66. The van der Waals surface area contributed by atoms with Gasteiger partial charge in [-0.15, -0.1) is 11.3 Å². The van der Waals surface area contributed by atoms with Crippen molar-refractivity contribution in [2.24, 2.45) is 0 Å². The van der Waals surface area contributed by atoms with Crippen LogP contribution in [0.25, 0.3) is 15.9 Å². The van der Waals surface area contributed by atoms with E-state index >= 15 is 0 Å². The van der Waals surface area contributed by atoms with Crippen molar-refractivity contribution >= 4 is 27.5 Å². The van der Waals surface area contributed by atoms with Crippen LogP contribution in [0, 0.1) is 23.3 Å². The highest BCUT2D eigenvalue weighted by molar-refractivity contribution is 7.17. The zero-order chi connectivity index (χ0) is 23.0. The molecule has 6 nitrogen and oxygen atoms in total. The van der Waals surface area contributed by atoms with E-state index in [0.717, 1.165) is 34.1 Å². The summed E-state index contributed by atoms with van der Waals surface area (Å²) in [6, 6.07) is 6.60. The molecule has 164 valence electrons. The van der Waals surface area contributed by atoms with E-state index < -0.39 is 47.0 Å². The highest BCUT2D eigenvalue weighted by atomic mass is 32.1. The molecule has 11 heteroatoms. The van der Waals surface area contributed by atoms with Crippen molar-refractivity contribution < 1.29 is 22.4 Å². The van der Waals surface area contributed by atoms with Crippen LogP contribution >= 0.6 is 11.3 Å². The van der Waals surface area contributed by atoms with Crippen LogP contribution in [0.2, 0.25) is 0 Å². The predicted octanol–water partition coefficient (Wildman–Crippen LogP) is 3.09. The molecule has 0 unspecified atom stereocenters. The van der Waals surface area contributed by atoms with E-state index in [2.05, 4.69) is 5.32 Å². The Bertz CT molecular complexity index is 1460. The number of rotatable bonds is 5. The maximum Gasteiger partial charge on any atom is 0.336 e. The fraction of sp³-hybridized carbons (Fsp3) is 0.0952. The number of carbonyl (C=O) groups is 1. The Morgan fingerprint density at radius 1 is 0.938 bits per heavy atom. The summed E-state index contributed by atoms with van der Waals surface area (Å²) in [7, 11) is 0. The second kappa shape index (κ2) is 8.42. The van der Waals surface area contributed by atoms with E-state index in [4.69, 9.17) is 0 Å². The van der Waals surface area contributed by atoms with Crippen LogP contribution in [0.15, 0.2) is 57.4 Å². The third-order valence-electron chi connectivity index (χ3n) is 4.65. The first kappa shape index (κ1) is 21.5. The number of carbonyl (C=O) groups excluding carboxylic acids is 1. The minimum atomic E-state index is -0.983. The summed E-state index contributed by atoms with van der Waals surface area (Å²) < 4.78 is 55.8. The molecule has 0 aliphatic rings. The summed E-state index contributed by atoms with van der Waals surface area (Å²) in [4.78, 5) is 38.3. The van der Waals surface area contributed by atoms with Crippen LogP contribution in [0.4, 0.5) is 17.6 Å². The first-order valence-electron chi connectivity index (χ1n) is 9.15. The van der Waals surface area contributed by atoms with Gasteiger partial charge in [-0.1, -0.05) is 6.07 Å². The lowest BCUT2D eigenvalue weighted by Gasteiger charge is -2.13. The number of benzene rings is 2. The maximum absolute atomic E-state index is 13.8. The molecule has 1 N–H and O–H groups in total.